The summed E-state index contributed by atoms with van der Waals surface area (Å²) in [6.07, 6.45) is -1.44. The highest BCUT2D eigenvalue weighted by atomic mass is 19.3. The zero-order chi connectivity index (χ0) is 12.8. The Hall–Kier alpha value is -1.52. The van der Waals surface area contributed by atoms with Crippen molar-refractivity contribution in [1.29, 1.82) is 0 Å². The van der Waals surface area contributed by atoms with Gasteiger partial charge in [0, 0.05) is 12.8 Å². The number of rotatable bonds is 2. The molecule has 1 N–H and O–H groups in total. The second-order valence-corrected chi connectivity index (χ2v) is 4.56. The molecule has 5 heteroatoms. The first-order valence-electron chi connectivity index (χ1n) is 5.15. The average Bonchev–Trinajstić information content (AvgIpc) is 2.13. The highest BCUT2D eigenvalue weighted by Crippen LogP contribution is 2.54. The number of carboxylic acid groups (broad SMARTS) is 1. The topological polar surface area (TPSA) is 37.3 Å². The third kappa shape index (κ3) is 1.79. The number of alkyl halides is 2. The largest absolute Gasteiger partial charge is 0.481 e. The molecular weight excluding hydrogens is 233 g/mol. The van der Waals surface area contributed by atoms with Crippen molar-refractivity contribution >= 4 is 5.97 Å². The lowest BCUT2D eigenvalue weighted by Crippen LogP contribution is -2.54. The Labute approximate surface area is 96.1 Å². The van der Waals surface area contributed by atoms with Crippen molar-refractivity contribution in [2.45, 2.75) is 31.1 Å². The van der Waals surface area contributed by atoms with E-state index in [1.54, 1.807) is 0 Å². The SMILES string of the molecule is Cc1cc(F)ccc1C1(C(=O)O)CC(F)(F)C1. The molecule has 1 aliphatic carbocycles. The number of aryl methyl sites for hydroxylation is 1. The van der Waals surface area contributed by atoms with Crippen LogP contribution in [-0.4, -0.2) is 17.0 Å². The first kappa shape index (κ1) is 12.0. The molecule has 0 heterocycles. The molecule has 1 saturated carbocycles. The van der Waals surface area contributed by atoms with Crippen LogP contribution in [0.3, 0.4) is 0 Å². The summed E-state index contributed by atoms with van der Waals surface area (Å²) in [5, 5.41) is 9.14. The summed E-state index contributed by atoms with van der Waals surface area (Å²) in [4.78, 5) is 11.2. The van der Waals surface area contributed by atoms with Gasteiger partial charge in [-0.05, 0) is 30.2 Å². The Kier molecular flexibility index (Phi) is 2.45. The molecule has 0 atom stereocenters. The molecule has 2 nitrogen and oxygen atoms in total. The van der Waals surface area contributed by atoms with Gasteiger partial charge in [-0.2, -0.15) is 0 Å². The van der Waals surface area contributed by atoms with Crippen LogP contribution in [0.5, 0.6) is 0 Å². The van der Waals surface area contributed by atoms with Gasteiger partial charge in [-0.1, -0.05) is 6.07 Å². The van der Waals surface area contributed by atoms with Gasteiger partial charge < -0.3 is 5.11 Å². The molecule has 0 bridgehead atoms. The maximum absolute atomic E-state index is 13.0. The molecule has 0 aromatic heterocycles. The number of carbonyl (C=O) groups is 1. The van der Waals surface area contributed by atoms with Crippen LogP contribution in [0.15, 0.2) is 18.2 Å². The van der Waals surface area contributed by atoms with Gasteiger partial charge in [-0.25, -0.2) is 13.2 Å². The zero-order valence-corrected chi connectivity index (χ0v) is 9.14. The third-order valence-corrected chi connectivity index (χ3v) is 3.23. The van der Waals surface area contributed by atoms with Gasteiger partial charge in [0.1, 0.15) is 11.2 Å². The van der Waals surface area contributed by atoms with E-state index in [-0.39, 0.29) is 5.56 Å². The van der Waals surface area contributed by atoms with Crippen LogP contribution in [0.25, 0.3) is 0 Å². The number of halogens is 3. The smallest absolute Gasteiger partial charge is 0.314 e. The summed E-state index contributed by atoms with van der Waals surface area (Å²) in [5.74, 6) is -4.73. The first-order chi connectivity index (χ1) is 7.77. The van der Waals surface area contributed by atoms with Crippen molar-refractivity contribution in [2.24, 2.45) is 0 Å². The standard InChI is InChI=1S/C12H11F3O2/c1-7-4-8(13)2-3-9(7)11(10(16)17)5-12(14,15)6-11/h2-4H,5-6H2,1H3,(H,16,17). The van der Waals surface area contributed by atoms with Gasteiger partial charge in [-0.15, -0.1) is 0 Å². The van der Waals surface area contributed by atoms with Crippen molar-refractivity contribution in [2.75, 3.05) is 0 Å². The van der Waals surface area contributed by atoms with Crippen LogP contribution < -0.4 is 0 Å². The number of hydrogen-bond donors (Lipinski definition) is 1. The van der Waals surface area contributed by atoms with Crippen molar-refractivity contribution in [3.05, 3.63) is 35.1 Å². The van der Waals surface area contributed by atoms with Gasteiger partial charge in [0.25, 0.3) is 5.92 Å². The maximum Gasteiger partial charge on any atom is 0.314 e. The lowest BCUT2D eigenvalue weighted by Gasteiger charge is -2.44. The minimum Gasteiger partial charge on any atom is -0.481 e. The lowest BCUT2D eigenvalue weighted by molar-refractivity contribution is -0.174. The van der Waals surface area contributed by atoms with E-state index in [4.69, 9.17) is 5.11 Å². The molecule has 0 radical (unpaired) electrons. The molecule has 92 valence electrons. The van der Waals surface area contributed by atoms with E-state index < -0.39 is 36.0 Å². The fourth-order valence-corrected chi connectivity index (χ4v) is 2.45. The zero-order valence-electron chi connectivity index (χ0n) is 9.14. The van der Waals surface area contributed by atoms with E-state index in [2.05, 4.69) is 0 Å². The minimum atomic E-state index is -2.95. The van der Waals surface area contributed by atoms with E-state index in [1.807, 2.05) is 0 Å². The summed E-state index contributed by atoms with van der Waals surface area (Å²) in [6, 6.07) is 3.55. The molecule has 0 saturated heterocycles. The third-order valence-electron chi connectivity index (χ3n) is 3.23. The summed E-state index contributed by atoms with van der Waals surface area (Å²) < 4.78 is 38.8. The quantitative estimate of drug-likeness (QED) is 0.868. The molecule has 2 rings (SSSR count). The van der Waals surface area contributed by atoms with E-state index >= 15 is 0 Å². The van der Waals surface area contributed by atoms with E-state index in [9.17, 15) is 18.0 Å². The summed E-state index contributed by atoms with van der Waals surface area (Å²) in [5.41, 5.74) is -0.901. The molecule has 0 spiro atoms. The van der Waals surface area contributed by atoms with Gasteiger partial charge >= 0.3 is 5.97 Å². The van der Waals surface area contributed by atoms with Crippen LogP contribution >= 0.6 is 0 Å². The number of carboxylic acids is 1. The Balaban J connectivity index is 2.46. The van der Waals surface area contributed by atoms with Crippen LogP contribution in [0.4, 0.5) is 13.2 Å². The van der Waals surface area contributed by atoms with Crippen LogP contribution in [0.2, 0.25) is 0 Å². The minimum absolute atomic E-state index is 0.275. The number of benzene rings is 1. The molecule has 1 aromatic rings. The predicted octanol–water partition coefficient (Wildman–Crippen LogP) is 2.89. The monoisotopic (exact) mass is 244 g/mol. The van der Waals surface area contributed by atoms with Crippen molar-refractivity contribution < 1.29 is 23.1 Å². The molecule has 1 fully saturated rings. The first-order valence-corrected chi connectivity index (χ1v) is 5.15. The Morgan fingerprint density at radius 1 is 1.35 bits per heavy atom. The van der Waals surface area contributed by atoms with Gasteiger partial charge in [0.15, 0.2) is 0 Å². The van der Waals surface area contributed by atoms with Crippen LogP contribution in [-0.2, 0) is 10.2 Å². The van der Waals surface area contributed by atoms with E-state index in [1.165, 1.54) is 13.0 Å². The van der Waals surface area contributed by atoms with Crippen molar-refractivity contribution in [1.82, 2.24) is 0 Å². The van der Waals surface area contributed by atoms with Crippen LogP contribution in [0, 0.1) is 12.7 Å². The lowest BCUT2D eigenvalue weighted by atomic mass is 9.61. The Bertz CT molecular complexity index is 475. The van der Waals surface area contributed by atoms with E-state index in [0.717, 1.165) is 12.1 Å². The fourth-order valence-electron chi connectivity index (χ4n) is 2.45. The highest BCUT2D eigenvalue weighted by Gasteiger charge is 2.62. The second kappa shape index (κ2) is 3.48. The molecule has 0 amide bonds. The summed E-state index contributed by atoms with van der Waals surface area (Å²) in [7, 11) is 0. The Morgan fingerprint density at radius 3 is 2.35 bits per heavy atom. The predicted molar refractivity (Wildman–Crippen MR) is 54.6 cm³/mol. The fraction of sp³-hybridized carbons (Fsp3) is 0.417. The van der Waals surface area contributed by atoms with Crippen molar-refractivity contribution in [3.8, 4) is 0 Å². The molecule has 1 aliphatic rings. The van der Waals surface area contributed by atoms with Gasteiger partial charge in [0.2, 0.25) is 0 Å². The molecule has 0 aliphatic heterocycles. The van der Waals surface area contributed by atoms with Crippen molar-refractivity contribution in [3.63, 3.8) is 0 Å². The number of hydrogen-bond acceptors (Lipinski definition) is 1. The molecular formula is C12H11F3O2. The normalized spacial score (nSPS) is 20.7. The second-order valence-electron chi connectivity index (χ2n) is 4.56. The van der Waals surface area contributed by atoms with Crippen LogP contribution in [0.1, 0.15) is 24.0 Å². The summed E-state index contributed by atoms with van der Waals surface area (Å²) >= 11 is 0. The average molecular weight is 244 g/mol. The van der Waals surface area contributed by atoms with Gasteiger partial charge in [0.05, 0.1) is 0 Å². The van der Waals surface area contributed by atoms with E-state index in [0.29, 0.717) is 5.56 Å². The van der Waals surface area contributed by atoms with Gasteiger partial charge in [-0.3, -0.25) is 4.79 Å². The molecule has 1 aromatic carbocycles. The maximum atomic E-state index is 13.0. The Morgan fingerprint density at radius 2 is 1.94 bits per heavy atom. The number of aliphatic carboxylic acids is 1. The molecule has 0 unspecified atom stereocenters. The summed E-state index contributed by atoms with van der Waals surface area (Å²) in [6.45, 7) is 1.53. The molecule has 17 heavy (non-hydrogen) atoms. The highest BCUT2D eigenvalue weighted by molar-refractivity contribution is 5.83.